The lowest BCUT2D eigenvalue weighted by atomic mass is 9.99. The summed E-state index contributed by atoms with van der Waals surface area (Å²) in [5, 5.41) is 7.38. The zero-order valence-corrected chi connectivity index (χ0v) is 13.0. The summed E-state index contributed by atoms with van der Waals surface area (Å²) >= 11 is 0. The highest BCUT2D eigenvalue weighted by Crippen LogP contribution is 2.24. The Morgan fingerprint density at radius 2 is 2.24 bits per heavy atom. The van der Waals surface area contributed by atoms with Crippen molar-refractivity contribution in [2.45, 2.75) is 26.3 Å². The first kappa shape index (κ1) is 15.9. The second-order valence-corrected chi connectivity index (χ2v) is 5.41. The average Bonchev–Trinajstić information content (AvgIpc) is 2.83. The monoisotopic (exact) mass is 308 g/mol. The molecular formula is C16H21ClN2O2. The van der Waals surface area contributed by atoms with E-state index in [0.29, 0.717) is 6.54 Å². The Hall–Kier alpha value is -1.52. The van der Waals surface area contributed by atoms with Gasteiger partial charge < -0.3 is 15.1 Å². The van der Waals surface area contributed by atoms with Crippen LogP contribution in [-0.2, 0) is 11.3 Å². The zero-order valence-electron chi connectivity index (χ0n) is 12.1. The molecule has 2 heterocycles. The first-order valence-corrected chi connectivity index (χ1v) is 7.21. The highest BCUT2D eigenvalue weighted by Gasteiger charge is 2.21. The van der Waals surface area contributed by atoms with Crippen LogP contribution in [0.15, 0.2) is 28.7 Å². The van der Waals surface area contributed by atoms with E-state index < -0.39 is 0 Å². The number of benzene rings is 1. The lowest BCUT2D eigenvalue weighted by Gasteiger charge is -2.21. The Labute approximate surface area is 130 Å². The van der Waals surface area contributed by atoms with Crippen LogP contribution in [0.5, 0.6) is 0 Å². The smallest absolute Gasteiger partial charge is 0.224 e. The third kappa shape index (κ3) is 3.39. The number of halogens is 1. The van der Waals surface area contributed by atoms with Crippen molar-refractivity contribution in [2.24, 2.45) is 5.92 Å². The van der Waals surface area contributed by atoms with Crippen molar-refractivity contribution in [3.05, 3.63) is 35.6 Å². The number of piperidine rings is 1. The van der Waals surface area contributed by atoms with Crippen LogP contribution >= 0.6 is 12.4 Å². The van der Waals surface area contributed by atoms with E-state index in [4.69, 9.17) is 4.42 Å². The number of amides is 1. The van der Waals surface area contributed by atoms with Crippen LogP contribution in [0, 0.1) is 12.8 Å². The molecule has 0 bridgehead atoms. The predicted octanol–water partition coefficient (Wildman–Crippen LogP) is 2.78. The summed E-state index contributed by atoms with van der Waals surface area (Å²) in [7, 11) is 0. The van der Waals surface area contributed by atoms with Crippen molar-refractivity contribution in [3.8, 4) is 0 Å². The third-order valence-electron chi connectivity index (χ3n) is 4.03. The molecule has 1 aromatic carbocycles. The fraction of sp³-hybridized carbons (Fsp3) is 0.438. The minimum Gasteiger partial charge on any atom is -0.459 e. The second kappa shape index (κ2) is 6.96. The van der Waals surface area contributed by atoms with Gasteiger partial charge in [0.25, 0.3) is 0 Å². The molecule has 0 saturated carbocycles. The molecule has 2 N–H and O–H groups in total. The van der Waals surface area contributed by atoms with Gasteiger partial charge in [0, 0.05) is 17.5 Å². The molecular weight excluding hydrogens is 288 g/mol. The summed E-state index contributed by atoms with van der Waals surface area (Å²) < 4.78 is 5.81. The van der Waals surface area contributed by atoms with Crippen molar-refractivity contribution in [1.82, 2.24) is 10.6 Å². The number of para-hydroxylation sites is 1. The van der Waals surface area contributed by atoms with E-state index in [9.17, 15) is 4.79 Å². The molecule has 1 aliphatic rings. The number of hydrogen-bond acceptors (Lipinski definition) is 3. The topological polar surface area (TPSA) is 54.3 Å². The zero-order chi connectivity index (χ0) is 13.9. The molecule has 1 unspecified atom stereocenters. The molecule has 4 nitrogen and oxygen atoms in total. The van der Waals surface area contributed by atoms with E-state index >= 15 is 0 Å². The van der Waals surface area contributed by atoms with Gasteiger partial charge in [0.1, 0.15) is 11.3 Å². The van der Waals surface area contributed by atoms with Crippen LogP contribution < -0.4 is 10.6 Å². The highest BCUT2D eigenvalue weighted by molar-refractivity contribution is 5.85. The number of furan rings is 1. The minimum atomic E-state index is 0. The number of carbonyl (C=O) groups excluding carboxylic acids is 1. The summed E-state index contributed by atoms with van der Waals surface area (Å²) in [4.78, 5) is 12.1. The summed E-state index contributed by atoms with van der Waals surface area (Å²) in [6, 6.07) is 7.96. The standard InChI is InChI=1S/C16H20N2O2.ClH/c1-11-13-6-2-3-7-14(13)20-15(11)10-18-16(19)12-5-4-8-17-9-12;/h2-3,6-7,12,17H,4-5,8-10H2,1H3,(H,18,19);1H. The van der Waals surface area contributed by atoms with Gasteiger partial charge in [0.05, 0.1) is 12.5 Å². The Kier molecular flexibility index (Phi) is 5.26. The lowest BCUT2D eigenvalue weighted by molar-refractivity contribution is -0.125. The van der Waals surface area contributed by atoms with Gasteiger partial charge >= 0.3 is 0 Å². The van der Waals surface area contributed by atoms with Gasteiger partial charge in [-0.2, -0.15) is 0 Å². The molecule has 21 heavy (non-hydrogen) atoms. The van der Waals surface area contributed by atoms with Gasteiger partial charge in [-0.05, 0) is 32.4 Å². The number of rotatable bonds is 3. The van der Waals surface area contributed by atoms with Crippen LogP contribution in [0.2, 0.25) is 0 Å². The summed E-state index contributed by atoms with van der Waals surface area (Å²) in [5.74, 6) is 1.06. The van der Waals surface area contributed by atoms with Gasteiger partial charge in [-0.3, -0.25) is 4.79 Å². The molecule has 114 valence electrons. The largest absolute Gasteiger partial charge is 0.459 e. The van der Waals surface area contributed by atoms with Crippen LogP contribution in [0.25, 0.3) is 11.0 Å². The Morgan fingerprint density at radius 1 is 1.43 bits per heavy atom. The number of hydrogen-bond donors (Lipinski definition) is 2. The van der Waals surface area contributed by atoms with Crippen LogP contribution in [0.1, 0.15) is 24.2 Å². The van der Waals surface area contributed by atoms with E-state index in [1.807, 2.05) is 31.2 Å². The molecule has 0 spiro atoms. The second-order valence-electron chi connectivity index (χ2n) is 5.41. The van der Waals surface area contributed by atoms with E-state index in [1.165, 1.54) is 0 Å². The maximum Gasteiger partial charge on any atom is 0.224 e. The maximum atomic E-state index is 12.1. The molecule has 1 aromatic heterocycles. The van der Waals surface area contributed by atoms with Crippen molar-refractivity contribution in [1.29, 1.82) is 0 Å². The number of aryl methyl sites for hydroxylation is 1. The molecule has 0 aliphatic carbocycles. The van der Waals surface area contributed by atoms with Gasteiger partial charge in [-0.1, -0.05) is 18.2 Å². The SMILES string of the molecule is Cc1c(CNC(=O)C2CCCNC2)oc2ccccc12.Cl. The molecule has 2 aromatic rings. The predicted molar refractivity (Wildman–Crippen MR) is 85.6 cm³/mol. The number of nitrogens with one attached hydrogen (secondary N) is 2. The van der Waals surface area contributed by atoms with Crippen molar-refractivity contribution >= 4 is 29.3 Å². The third-order valence-corrected chi connectivity index (χ3v) is 4.03. The molecule has 1 amide bonds. The summed E-state index contributed by atoms with van der Waals surface area (Å²) in [5.41, 5.74) is 2.00. The van der Waals surface area contributed by atoms with Gasteiger partial charge in [0.15, 0.2) is 0 Å². The van der Waals surface area contributed by atoms with E-state index in [0.717, 1.165) is 48.2 Å². The average molecular weight is 309 g/mol. The summed E-state index contributed by atoms with van der Waals surface area (Å²) in [6.07, 6.45) is 2.04. The van der Waals surface area contributed by atoms with Crippen LogP contribution in [-0.4, -0.2) is 19.0 Å². The lowest BCUT2D eigenvalue weighted by Crippen LogP contribution is -2.40. The van der Waals surface area contributed by atoms with Gasteiger partial charge in [-0.25, -0.2) is 0 Å². The van der Waals surface area contributed by atoms with E-state index in [-0.39, 0.29) is 24.2 Å². The summed E-state index contributed by atoms with van der Waals surface area (Å²) in [6.45, 7) is 4.31. The van der Waals surface area contributed by atoms with Gasteiger partial charge in [-0.15, -0.1) is 12.4 Å². The quantitative estimate of drug-likeness (QED) is 0.917. The fourth-order valence-electron chi connectivity index (χ4n) is 2.78. The maximum absolute atomic E-state index is 12.1. The molecule has 3 rings (SSSR count). The van der Waals surface area contributed by atoms with E-state index in [1.54, 1.807) is 0 Å². The van der Waals surface area contributed by atoms with Crippen molar-refractivity contribution in [2.75, 3.05) is 13.1 Å². The van der Waals surface area contributed by atoms with E-state index in [2.05, 4.69) is 10.6 Å². The van der Waals surface area contributed by atoms with Crippen LogP contribution in [0.4, 0.5) is 0 Å². The number of carbonyl (C=O) groups is 1. The Bertz CT molecular complexity index is 618. The fourth-order valence-corrected chi connectivity index (χ4v) is 2.78. The molecule has 1 atom stereocenters. The highest BCUT2D eigenvalue weighted by atomic mass is 35.5. The number of fused-ring (bicyclic) bond motifs is 1. The van der Waals surface area contributed by atoms with Crippen molar-refractivity contribution in [3.63, 3.8) is 0 Å². The molecule has 5 heteroatoms. The first-order valence-electron chi connectivity index (χ1n) is 7.21. The first-order chi connectivity index (χ1) is 9.75. The van der Waals surface area contributed by atoms with Crippen LogP contribution in [0.3, 0.4) is 0 Å². The Morgan fingerprint density at radius 3 is 2.95 bits per heavy atom. The minimum absolute atomic E-state index is 0. The Balaban J connectivity index is 0.00000161. The van der Waals surface area contributed by atoms with Crippen molar-refractivity contribution < 1.29 is 9.21 Å². The molecule has 1 saturated heterocycles. The van der Waals surface area contributed by atoms with Gasteiger partial charge in [0.2, 0.25) is 5.91 Å². The normalized spacial score (nSPS) is 18.2. The molecule has 1 aliphatic heterocycles. The molecule has 1 fully saturated rings. The molecule has 0 radical (unpaired) electrons.